The molecule has 2 unspecified atom stereocenters. The maximum Gasteiger partial charge on any atom is 0.0961 e. The first-order valence-corrected chi connectivity index (χ1v) is 6.47. The van der Waals surface area contributed by atoms with Crippen LogP contribution < -0.4 is 5.43 Å². The topological polar surface area (TPSA) is 46.4 Å². The van der Waals surface area contributed by atoms with Crippen LogP contribution in [-0.2, 0) is 4.74 Å². The molecule has 1 heterocycles. The molecule has 0 amide bonds. The van der Waals surface area contributed by atoms with E-state index in [1.54, 1.807) is 0 Å². The molecule has 2 aromatic rings. The number of hydrogen-bond acceptors (Lipinski definition) is 3. The van der Waals surface area contributed by atoms with Crippen LogP contribution in [0.4, 0.5) is 0 Å². The maximum absolute atomic E-state index is 9.84. The molecule has 0 fully saturated rings. The minimum absolute atomic E-state index is 0.0116. The number of ether oxygens (including phenoxy) is 1. The van der Waals surface area contributed by atoms with E-state index in [1.807, 2.05) is 66.5 Å². The summed E-state index contributed by atoms with van der Waals surface area (Å²) in [6.07, 6.45) is 3.23. The van der Waals surface area contributed by atoms with Gasteiger partial charge in [-0.1, -0.05) is 30.3 Å². The predicted molar refractivity (Wildman–Crippen MR) is 75.5 cm³/mol. The molecule has 102 valence electrons. The van der Waals surface area contributed by atoms with Gasteiger partial charge in [-0.15, -0.1) is 0 Å². The first-order chi connectivity index (χ1) is 9.25. The number of hydrogen-bond donors (Lipinski definition) is 2. The predicted octanol–water partition coefficient (Wildman–Crippen LogP) is 2.17. The highest BCUT2D eigenvalue weighted by Crippen LogP contribution is 2.15. The summed E-state index contributed by atoms with van der Waals surface area (Å²) in [4.78, 5) is 0. The fourth-order valence-corrected chi connectivity index (χ4v) is 1.79. The number of rotatable bonds is 7. The standard InChI is InChI=1S/C15H20N2O2/c1-13(14-7-3-2-4-8-14)19-12-15(18)11-16-17-9-5-6-10-17/h2-10,13,15-16,18H,11-12H2,1H3. The lowest BCUT2D eigenvalue weighted by atomic mass is 10.1. The van der Waals surface area contributed by atoms with Crippen molar-refractivity contribution in [3.05, 3.63) is 60.4 Å². The number of aromatic nitrogens is 1. The van der Waals surface area contributed by atoms with Crippen molar-refractivity contribution in [3.8, 4) is 0 Å². The molecule has 0 saturated carbocycles. The molecule has 4 heteroatoms. The molecule has 4 nitrogen and oxygen atoms in total. The summed E-state index contributed by atoms with van der Waals surface area (Å²) in [5.74, 6) is 0. The molecule has 1 aromatic heterocycles. The van der Waals surface area contributed by atoms with E-state index in [1.165, 1.54) is 0 Å². The van der Waals surface area contributed by atoms with Crippen molar-refractivity contribution in [3.63, 3.8) is 0 Å². The van der Waals surface area contributed by atoms with Gasteiger partial charge in [-0.25, -0.2) is 0 Å². The normalized spacial score (nSPS) is 14.0. The number of aliphatic hydroxyl groups is 1. The molecular formula is C15H20N2O2. The lowest BCUT2D eigenvalue weighted by Crippen LogP contribution is -2.29. The molecule has 0 aliphatic rings. The lowest BCUT2D eigenvalue weighted by Gasteiger charge is -2.17. The van der Waals surface area contributed by atoms with Crippen LogP contribution in [0.15, 0.2) is 54.9 Å². The number of aliphatic hydroxyl groups excluding tert-OH is 1. The van der Waals surface area contributed by atoms with Gasteiger partial charge in [0.2, 0.25) is 0 Å². The summed E-state index contributed by atoms with van der Waals surface area (Å²) in [5.41, 5.74) is 4.19. The highest BCUT2D eigenvalue weighted by atomic mass is 16.5. The molecule has 0 bridgehead atoms. The summed E-state index contributed by atoms with van der Waals surface area (Å²) < 4.78 is 7.47. The molecule has 0 aliphatic carbocycles. The summed E-state index contributed by atoms with van der Waals surface area (Å²) in [7, 11) is 0. The third-order valence-electron chi connectivity index (χ3n) is 2.92. The molecule has 1 aromatic carbocycles. The molecule has 0 aliphatic heterocycles. The average molecular weight is 260 g/mol. The van der Waals surface area contributed by atoms with Crippen LogP contribution in [0.25, 0.3) is 0 Å². The Kier molecular flexibility index (Phi) is 5.01. The van der Waals surface area contributed by atoms with Gasteiger partial charge in [0.1, 0.15) is 0 Å². The third kappa shape index (κ3) is 4.43. The van der Waals surface area contributed by atoms with E-state index in [4.69, 9.17) is 4.74 Å². The zero-order valence-electron chi connectivity index (χ0n) is 11.1. The van der Waals surface area contributed by atoms with E-state index in [9.17, 15) is 5.11 Å². The molecule has 2 rings (SSSR count). The van der Waals surface area contributed by atoms with E-state index >= 15 is 0 Å². The Balaban J connectivity index is 1.70. The van der Waals surface area contributed by atoms with Crippen LogP contribution in [0.3, 0.4) is 0 Å². The Hall–Kier alpha value is -1.78. The molecule has 2 atom stereocenters. The quantitative estimate of drug-likeness (QED) is 0.802. The zero-order valence-corrected chi connectivity index (χ0v) is 11.1. The van der Waals surface area contributed by atoms with Gasteiger partial charge in [-0.2, -0.15) is 0 Å². The molecule has 0 radical (unpaired) electrons. The van der Waals surface area contributed by atoms with Crippen LogP contribution in [-0.4, -0.2) is 29.0 Å². The summed E-state index contributed by atoms with van der Waals surface area (Å²) in [5, 5.41) is 9.84. The number of benzene rings is 1. The first kappa shape index (κ1) is 13.6. The van der Waals surface area contributed by atoms with Crippen LogP contribution in [0.1, 0.15) is 18.6 Å². The second-order valence-electron chi connectivity index (χ2n) is 4.49. The van der Waals surface area contributed by atoms with Crippen LogP contribution in [0, 0.1) is 0 Å². The van der Waals surface area contributed by atoms with Crippen molar-refractivity contribution >= 4 is 0 Å². The van der Waals surface area contributed by atoms with Gasteiger partial charge in [0.05, 0.1) is 25.4 Å². The van der Waals surface area contributed by atoms with Gasteiger partial charge in [0.25, 0.3) is 0 Å². The van der Waals surface area contributed by atoms with Gasteiger partial charge in [-0.3, -0.25) is 4.68 Å². The van der Waals surface area contributed by atoms with E-state index in [-0.39, 0.29) is 6.10 Å². The minimum Gasteiger partial charge on any atom is -0.389 e. The fraction of sp³-hybridized carbons (Fsp3) is 0.333. The molecular weight excluding hydrogens is 240 g/mol. The maximum atomic E-state index is 9.84. The first-order valence-electron chi connectivity index (χ1n) is 6.47. The van der Waals surface area contributed by atoms with Crippen molar-refractivity contribution in [2.45, 2.75) is 19.1 Å². The number of nitrogens with one attached hydrogen (secondary N) is 1. The van der Waals surface area contributed by atoms with Gasteiger partial charge in [0, 0.05) is 12.4 Å². The van der Waals surface area contributed by atoms with Crippen molar-refractivity contribution in [2.75, 3.05) is 18.6 Å². The highest BCUT2D eigenvalue weighted by Gasteiger charge is 2.09. The van der Waals surface area contributed by atoms with E-state index in [0.717, 1.165) is 5.56 Å². The van der Waals surface area contributed by atoms with Gasteiger partial charge in [-0.05, 0) is 24.6 Å². The Morgan fingerprint density at radius 2 is 1.84 bits per heavy atom. The Morgan fingerprint density at radius 3 is 2.53 bits per heavy atom. The fourth-order valence-electron chi connectivity index (χ4n) is 1.79. The van der Waals surface area contributed by atoms with Crippen molar-refractivity contribution in [1.29, 1.82) is 0 Å². The van der Waals surface area contributed by atoms with Crippen LogP contribution in [0.2, 0.25) is 0 Å². The highest BCUT2D eigenvalue weighted by molar-refractivity contribution is 5.16. The second kappa shape index (κ2) is 6.97. The number of nitrogens with zero attached hydrogens (tertiary/aromatic N) is 1. The monoisotopic (exact) mass is 260 g/mol. The lowest BCUT2D eigenvalue weighted by molar-refractivity contribution is 0.00161. The third-order valence-corrected chi connectivity index (χ3v) is 2.92. The molecule has 0 spiro atoms. The van der Waals surface area contributed by atoms with Gasteiger partial charge in [0.15, 0.2) is 0 Å². The minimum atomic E-state index is -0.534. The smallest absolute Gasteiger partial charge is 0.0961 e. The van der Waals surface area contributed by atoms with E-state index < -0.39 is 6.10 Å². The van der Waals surface area contributed by atoms with Gasteiger partial charge < -0.3 is 15.3 Å². The largest absolute Gasteiger partial charge is 0.389 e. The Bertz CT molecular complexity index is 456. The van der Waals surface area contributed by atoms with E-state index in [2.05, 4.69) is 5.43 Å². The van der Waals surface area contributed by atoms with Crippen LogP contribution in [0.5, 0.6) is 0 Å². The molecule has 19 heavy (non-hydrogen) atoms. The van der Waals surface area contributed by atoms with Gasteiger partial charge >= 0.3 is 0 Å². The average Bonchev–Trinajstić information content (AvgIpc) is 2.96. The SMILES string of the molecule is CC(OCC(O)CNn1cccc1)c1ccccc1. The zero-order chi connectivity index (χ0) is 13.5. The van der Waals surface area contributed by atoms with Crippen molar-refractivity contribution in [1.82, 2.24) is 4.68 Å². The Morgan fingerprint density at radius 1 is 1.16 bits per heavy atom. The summed E-state index contributed by atoms with van der Waals surface area (Å²) in [6.45, 7) is 2.75. The van der Waals surface area contributed by atoms with Crippen molar-refractivity contribution < 1.29 is 9.84 Å². The van der Waals surface area contributed by atoms with Crippen molar-refractivity contribution in [2.24, 2.45) is 0 Å². The van der Waals surface area contributed by atoms with Crippen LogP contribution >= 0.6 is 0 Å². The molecule has 0 saturated heterocycles. The summed E-state index contributed by atoms with van der Waals surface area (Å²) in [6, 6.07) is 13.8. The second-order valence-corrected chi connectivity index (χ2v) is 4.49. The summed E-state index contributed by atoms with van der Waals surface area (Å²) >= 11 is 0. The van der Waals surface area contributed by atoms with E-state index in [0.29, 0.717) is 13.2 Å². The Labute approximate surface area is 113 Å². The molecule has 2 N–H and O–H groups in total.